The predicted octanol–water partition coefficient (Wildman–Crippen LogP) is 4.22. The Bertz CT molecular complexity index is 902. The van der Waals surface area contributed by atoms with E-state index >= 15 is 0 Å². The molecule has 1 aliphatic heterocycles. The molecule has 1 fully saturated rings. The van der Waals surface area contributed by atoms with Gasteiger partial charge in [-0.25, -0.2) is 9.37 Å². The first kappa shape index (κ1) is 16.0. The van der Waals surface area contributed by atoms with Crippen molar-refractivity contribution < 1.29 is 9.18 Å². The number of amides is 1. The molecule has 0 unspecified atom stereocenters. The summed E-state index contributed by atoms with van der Waals surface area (Å²) in [4.78, 5) is 21.6. The second-order valence-electron chi connectivity index (χ2n) is 5.47. The number of thiazole rings is 1. The van der Waals surface area contributed by atoms with Crippen LogP contribution in [0.2, 0.25) is 0 Å². The molecule has 0 atom stereocenters. The quantitative estimate of drug-likeness (QED) is 0.616. The summed E-state index contributed by atoms with van der Waals surface area (Å²) in [5, 5.41) is 0.820. The summed E-state index contributed by atoms with van der Waals surface area (Å²) < 4.78 is 15.6. The van der Waals surface area contributed by atoms with Crippen LogP contribution in [-0.4, -0.2) is 42.0 Å². The van der Waals surface area contributed by atoms with Gasteiger partial charge in [0.05, 0.1) is 13.4 Å². The van der Waals surface area contributed by atoms with E-state index in [1.165, 1.54) is 28.7 Å². The molecule has 124 valence electrons. The van der Waals surface area contributed by atoms with E-state index in [9.17, 15) is 9.18 Å². The van der Waals surface area contributed by atoms with Gasteiger partial charge in [0.25, 0.3) is 5.91 Å². The highest BCUT2D eigenvalue weighted by Crippen LogP contribution is 2.31. The molecule has 0 radical (unpaired) electrons. The molecule has 3 aromatic rings. The maximum Gasteiger partial charge on any atom is 0.264 e. The first-order chi connectivity index (χ1) is 11.6. The van der Waals surface area contributed by atoms with Gasteiger partial charge in [-0.2, -0.15) is 0 Å². The summed E-state index contributed by atoms with van der Waals surface area (Å²) in [6.07, 6.45) is 0. The molecule has 1 aromatic carbocycles. The normalized spacial score (nSPS) is 15.2. The third-order valence-electron chi connectivity index (χ3n) is 3.98. The molecule has 0 saturated carbocycles. The molecule has 2 aromatic heterocycles. The largest absolute Gasteiger partial charge is 0.345 e. The fraction of sp³-hybridized carbons (Fsp3) is 0.250. The molecule has 0 spiro atoms. The van der Waals surface area contributed by atoms with Gasteiger partial charge in [-0.15, -0.1) is 11.3 Å². The average molecular weight is 426 g/mol. The Labute approximate surface area is 154 Å². The SMILES string of the molecule is O=C(c1ccc(Br)s1)N1CCN(c2nc3c(F)cccc3s2)CC1. The van der Waals surface area contributed by atoms with E-state index in [0.29, 0.717) is 31.7 Å². The van der Waals surface area contributed by atoms with Crippen LogP contribution in [0.4, 0.5) is 9.52 Å². The highest BCUT2D eigenvalue weighted by molar-refractivity contribution is 9.11. The molecule has 3 heterocycles. The van der Waals surface area contributed by atoms with Crippen LogP contribution in [0, 0.1) is 5.82 Å². The molecule has 1 amide bonds. The van der Waals surface area contributed by atoms with E-state index in [1.54, 1.807) is 6.07 Å². The number of hydrogen-bond donors (Lipinski definition) is 0. The van der Waals surface area contributed by atoms with Crippen LogP contribution in [0.5, 0.6) is 0 Å². The van der Waals surface area contributed by atoms with Crippen LogP contribution in [0.15, 0.2) is 34.1 Å². The van der Waals surface area contributed by atoms with Crippen molar-refractivity contribution in [2.45, 2.75) is 0 Å². The van der Waals surface area contributed by atoms with Gasteiger partial charge < -0.3 is 9.80 Å². The van der Waals surface area contributed by atoms with E-state index in [1.807, 2.05) is 23.1 Å². The maximum absolute atomic E-state index is 13.8. The summed E-state index contributed by atoms with van der Waals surface area (Å²) in [5.41, 5.74) is 0.430. The number of benzene rings is 1. The Kier molecular flexibility index (Phi) is 4.28. The Morgan fingerprint density at radius 2 is 1.92 bits per heavy atom. The lowest BCUT2D eigenvalue weighted by Gasteiger charge is -2.34. The zero-order valence-corrected chi connectivity index (χ0v) is 15.8. The van der Waals surface area contributed by atoms with E-state index in [2.05, 4.69) is 25.8 Å². The Morgan fingerprint density at radius 1 is 1.12 bits per heavy atom. The highest BCUT2D eigenvalue weighted by Gasteiger charge is 2.25. The number of nitrogens with zero attached hydrogens (tertiary/aromatic N) is 3. The molecule has 4 rings (SSSR count). The number of rotatable bonds is 2. The van der Waals surface area contributed by atoms with E-state index in [0.717, 1.165) is 18.5 Å². The second kappa shape index (κ2) is 6.42. The number of halogens is 2. The first-order valence-corrected chi connectivity index (χ1v) is 9.89. The number of para-hydroxylation sites is 1. The Morgan fingerprint density at radius 3 is 2.58 bits per heavy atom. The van der Waals surface area contributed by atoms with Gasteiger partial charge in [-0.1, -0.05) is 17.4 Å². The molecule has 4 nitrogen and oxygen atoms in total. The van der Waals surface area contributed by atoms with Crippen LogP contribution in [0.1, 0.15) is 9.67 Å². The van der Waals surface area contributed by atoms with Crippen molar-refractivity contribution in [2.75, 3.05) is 31.1 Å². The summed E-state index contributed by atoms with van der Waals surface area (Å²) in [7, 11) is 0. The van der Waals surface area contributed by atoms with Crippen molar-refractivity contribution in [3.63, 3.8) is 0 Å². The van der Waals surface area contributed by atoms with E-state index in [4.69, 9.17) is 0 Å². The Balaban J connectivity index is 1.47. The molecule has 24 heavy (non-hydrogen) atoms. The van der Waals surface area contributed by atoms with Crippen molar-refractivity contribution in [2.24, 2.45) is 0 Å². The fourth-order valence-corrected chi connectivity index (χ4v) is 5.11. The second-order valence-corrected chi connectivity index (χ2v) is 8.94. The van der Waals surface area contributed by atoms with E-state index < -0.39 is 0 Å². The number of piperazine rings is 1. The van der Waals surface area contributed by atoms with Crippen molar-refractivity contribution in [3.05, 3.63) is 44.8 Å². The molecular formula is C16H13BrFN3OS2. The fourth-order valence-electron chi connectivity index (χ4n) is 2.72. The summed E-state index contributed by atoms with van der Waals surface area (Å²) in [6, 6.07) is 8.76. The number of fused-ring (bicyclic) bond motifs is 1. The molecule has 1 saturated heterocycles. The monoisotopic (exact) mass is 425 g/mol. The lowest BCUT2D eigenvalue weighted by atomic mass is 10.3. The Hall–Kier alpha value is -1.51. The number of carbonyl (C=O) groups is 1. The molecule has 0 aliphatic carbocycles. The number of anilines is 1. The molecule has 0 bridgehead atoms. The zero-order valence-electron chi connectivity index (χ0n) is 12.5. The molecule has 0 N–H and O–H groups in total. The van der Waals surface area contributed by atoms with Gasteiger partial charge in [-0.3, -0.25) is 4.79 Å². The van der Waals surface area contributed by atoms with Gasteiger partial charge in [0, 0.05) is 26.2 Å². The number of carbonyl (C=O) groups excluding carboxylic acids is 1. The third kappa shape index (κ3) is 2.94. The molecular weight excluding hydrogens is 413 g/mol. The van der Waals surface area contributed by atoms with E-state index in [-0.39, 0.29) is 11.7 Å². The van der Waals surface area contributed by atoms with Crippen molar-refractivity contribution in [1.82, 2.24) is 9.88 Å². The zero-order chi connectivity index (χ0) is 16.7. The van der Waals surface area contributed by atoms with Crippen molar-refractivity contribution in [1.29, 1.82) is 0 Å². The van der Waals surface area contributed by atoms with Crippen LogP contribution in [0.3, 0.4) is 0 Å². The standard InChI is InChI=1S/C16H13BrFN3OS2/c17-13-5-4-12(23-13)15(22)20-6-8-21(9-7-20)16-19-14-10(18)2-1-3-11(14)24-16/h1-5H,6-9H2. The van der Waals surface area contributed by atoms with Crippen LogP contribution < -0.4 is 4.90 Å². The van der Waals surface area contributed by atoms with Crippen LogP contribution >= 0.6 is 38.6 Å². The topological polar surface area (TPSA) is 36.4 Å². The number of aromatic nitrogens is 1. The van der Waals surface area contributed by atoms with Gasteiger partial charge >= 0.3 is 0 Å². The van der Waals surface area contributed by atoms with Crippen molar-refractivity contribution >= 4 is 59.9 Å². The minimum absolute atomic E-state index is 0.0701. The number of hydrogen-bond acceptors (Lipinski definition) is 5. The summed E-state index contributed by atoms with van der Waals surface area (Å²) >= 11 is 6.33. The van der Waals surface area contributed by atoms with Crippen LogP contribution in [-0.2, 0) is 0 Å². The minimum atomic E-state index is -0.285. The molecule has 1 aliphatic rings. The lowest BCUT2D eigenvalue weighted by molar-refractivity contribution is 0.0751. The first-order valence-electron chi connectivity index (χ1n) is 7.46. The number of thiophene rings is 1. The van der Waals surface area contributed by atoms with Crippen LogP contribution in [0.25, 0.3) is 10.2 Å². The summed E-state index contributed by atoms with van der Waals surface area (Å²) in [5.74, 6) is -0.215. The predicted molar refractivity (Wildman–Crippen MR) is 99.7 cm³/mol. The minimum Gasteiger partial charge on any atom is -0.345 e. The lowest BCUT2D eigenvalue weighted by Crippen LogP contribution is -2.48. The van der Waals surface area contributed by atoms with Crippen molar-refractivity contribution in [3.8, 4) is 0 Å². The smallest absolute Gasteiger partial charge is 0.264 e. The van der Waals surface area contributed by atoms with Gasteiger partial charge in [0.1, 0.15) is 11.3 Å². The van der Waals surface area contributed by atoms with Gasteiger partial charge in [-0.05, 0) is 40.2 Å². The van der Waals surface area contributed by atoms with Gasteiger partial charge in [0.15, 0.2) is 5.13 Å². The average Bonchev–Trinajstić information content (AvgIpc) is 3.21. The maximum atomic E-state index is 13.8. The summed E-state index contributed by atoms with van der Waals surface area (Å²) in [6.45, 7) is 2.71. The van der Waals surface area contributed by atoms with Gasteiger partial charge in [0.2, 0.25) is 0 Å². The molecule has 8 heteroatoms. The highest BCUT2D eigenvalue weighted by atomic mass is 79.9. The third-order valence-corrected chi connectivity index (χ3v) is 6.67.